The number of rotatable bonds is 4. The number of hydrogen-bond donors (Lipinski definition) is 1. The second-order valence-corrected chi connectivity index (χ2v) is 6.63. The zero-order valence-electron chi connectivity index (χ0n) is 11.8. The SMILES string of the molecule is CC(C)(O)CCN1CCCCC1C1CCCC1=O. The maximum Gasteiger partial charge on any atom is 0.137 e. The summed E-state index contributed by atoms with van der Waals surface area (Å²) in [5.41, 5.74) is -0.596. The van der Waals surface area contributed by atoms with E-state index < -0.39 is 5.60 Å². The van der Waals surface area contributed by atoms with Crippen LogP contribution in [0.2, 0.25) is 0 Å². The zero-order chi connectivity index (χ0) is 13.2. The molecule has 1 saturated heterocycles. The van der Waals surface area contributed by atoms with Gasteiger partial charge >= 0.3 is 0 Å². The van der Waals surface area contributed by atoms with Crippen LogP contribution in [0.5, 0.6) is 0 Å². The van der Waals surface area contributed by atoms with E-state index >= 15 is 0 Å². The largest absolute Gasteiger partial charge is 0.390 e. The standard InChI is InChI=1S/C15H27NO2/c1-15(2,18)9-11-16-10-4-3-7-13(16)12-6-5-8-14(12)17/h12-13,18H,3-11H2,1-2H3. The van der Waals surface area contributed by atoms with Crippen LogP contribution in [0.3, 0.4) is 0 Å². The minimum atomic E-state index is -0.596. The van der Waals surface area contributed by atoms with Crippen molar-refractivity contribution in [1.82, 2.24) is 4.90 Å². The van der Waals surface area contributed by atoms with Gasteiger partial charge in [0.2, 0.25) is 0 Å². The normalized spacial score (nSPS) is 30.9. The summed E-state index contributed by atoms with van der Waals surface area (Å²) in [5.74, 6) is 0.766. The molecule has 1 N–H and O–H groups in total. The topological polar surface area (TPSA) is 40.5 Å². The lowest BCUT2D eigenvalue weighted by molar-refractivity contribution is -0.123. The summed E-state index contributed by atoms with van der Waals surface area (Å²) in [6.45, 7) is 5.77. The summed E-state index contributed by atoms with van der Waals surface area (Å²) < 4.78 is 0. The Morgan fingerprint density at radius 1 is 1.28 bits per heavy atom. The van der Waals surface area contributed by atoms with Crippen molar-refractivity contribution in [3.8, 4) is 0 Å². The quantitative estimate of drug-likeness (QED) is 0.836. The van der Waals surface area contributed by atoms with Crippen molar-refractivity contribution in [2.24, 2.45) is 5.92 Å². The third-order valence-electron chi connectivity index (χ3n) is 4.49. The van der Waals surface area contributed by atoms with E-state index in [2.05, 4.69) is 4.90 Å². The number of Topliss-reactive ketones (excluding diaryl/α,β-unsaturated/α-hetero) is 1. The van der Waals surface area contributed by atoms with Crippen LogP contribution < -0.4 is 0 Å². The highest BCUT2D eigenvalue weighted by molar-refractivity contribution is 5.83. The summed E-state index contributed by atoms with van der Waals surface area (Å²) in [4.78, 5) is 14.4. The van der Waals surface area contributed by atoms with Gasteiger partial charge < -0.3 is 5.11 Å². The maximum atomic E-state index is 11.9. The van der Waals surface area contributed by atoms with E-state index in [9.17, 15) is 9.90 Å². The van der Waals surface area contributed by atoms with Crippen LogP contribution in [0.1, 0.15) is 58.8 Å². The van der Waals surface area contributed by atoms with Crippen LogP contribution in [0, 0.1) is 5.92 Å². The van der Waals surface area contributed by atoms with Crippen LogP contribution in [0.4, 0.5) is 0 Å². The molecule has 1 aliphatic carbocycles. The van der Waals surface area contributed by atoms with Crippen molar-refractivity contribution in [3.05, 3.63) is 0 Å². The molecule has 0 aromatic rings. The molecule has 3 heteroatoms. The summed E-state index contributed by atoms with van der Waals surface area (Å²) in [5, 5.41) is 9.86. The number of ketones is 1. The predicted molar refractivity (Wildman–Crippen MR) is 72.5 cm³/mol. The predicted octanol–water partition coefficient (Wildman–Crippen LogP) is 2.37. The Hall–Kier alpha value is -0.410. The Balaban J connectivity index is 1.95. The first kappa shape index (κ1) is 14.0. The van der Waals surface area contributed by atoms with Crippen molar-refractivity contribution < 1.29 is 9.90 Å². The van der Waals surface area contributed by atoms with Crippen LogP contribution in [0.15, 0.2) is 0 Å². The van der Waals surface area contributed by atoms with E-state index in [4.69, 9.17) is 0 Å². The lowest BCUT2D eigenvalue weighted by Gasteiger charge is -2.39. The van der Waals surface area contributed by atoms with Gasteiger partial charge in [-0.15, -0.1) is 0 Å². The van der Waals surface area contributed by atoms with Crippen molar-refractivity contribution in [2.75, 3.05) is 13.1 Å². The van der Waals surface area contributed by atoms with Crippen LogP contribution >= 0.6 is 0 Å². The fraction of sp³-hybridized carbons (Fsp3) is 0.933. The third kappa shape index (κ3) is 3.55. The molecule has 1 aliphatic heterocycles. The van der Waals surface area contributed by atoms with Crippen molar-refractivity contribution in [1.29, 1.82) is 0 Å². The second kappa shape index (κ2) is 5.70. The van der Waals surface area contributed by atoms with Gasteiger partial charge in [-0.2, -0.15) is 0 Å². The zero-order valence-corrected chi connectivity index (χ0v) is 11.8. The molecule has 2 unspecified atom stereocenters. The van der Waals surface area contributed by atoms with Gasteiger partial charge in [0.05, 0.1) is 5.60 Å². The number of piperidine rings is 1. The van der Waals surface area contributed by atoms with Gasteiger partial charge in [0, 0.05) is 24.9 Å². The molecule has 3 nitrogen and oxygen atoms in total. The molecule has 1 heterocycles. The molecule has 2 atom stereocenters. The lowest BCUT2D eigenvalue weighted by atomic mass is 9.88. The Morgan fingerprint density at radius 2 is 2.06 bits per heavy atom. The van der Waals surface area contributed by atoms with Gasteiger partial charge in [0.15, 0.2) is 0 Å². The monoisotopic (exact) mass is 253 g/mol. The summed E-state index contributed by atoms with van der Waals surface area (Å²) >= 11 is 0. The van der Waals surface area contributed by atoms with Crippen LogP contribution in [0.25, 0.3) is 0 Å². The van der Waals surface area contributed by atoms with Crippen molar-refractivity contribution in [2.45, 2.75) is 70.4 Å². The van der Waals surface area contributed by atoms with Gasteiger partial charge in [-0.05, 0) is 52.5 Å². The van der Waals surface area contributed by atoms with E-state index in [1.54, 1.807) is 0 Å². The number of hydrogen-bond acceptors (Lipinski definition) is 3. The Kier molecular flexibility index (Phi) is 4.44. The average molecular weight is 253 g/mol. The summed E-state index contributed by atoms with van der Waals surface area (Å²) in [7, 11) is 0. The molecular formula is C15H27NO2. The van der Waals surface area contributed by atoms with E-state index in [1.165, 1.54) is 19.3 Å². The molecule has 0 amide bonds. The first-order chi connectivity index (χ1) is 8.47. The molecule has 0 bridgehead atoms. The average Bonchev–Trinajstić information content (AvgIpc) is 2.72. The maximum absolute atomic E-state index is 11.9. The highest BCUT2D eigenvalue weighted by atomic mass is 16.3. The molecule has 2 fully saturated rings. The van der Waals surface area contributed by atoms with E-state index in [0.717, 1.165) is 38.8 Å². The number of carbonyl (C=O) groups is 1. The van der Waals surface area contributed by atoms with E-state index in [-0.39, 0.29) is 5.92 Å². The molecule has 0 aromatic heterocycles. The van der Waals surface area contributed by atoms with Gasteiger partial charge in [0.25, 0.3) is 0 Å². The number of likely N-dealkylation sites (tertiary alicyclic amines) is 1. The number of carbonyl (C=O) groups excluding carboxylic acids is 1. The molecule has 2 rings (SSSR count). The highest BCUT2D eigenvalue weighted by Gasteiger charge is 2.36. The van der Waals surface area contributed by atoms with Gasteiger partial charge in [-0.3, -0.25) is 9.69 Å². The van der Waals surface area contributed by atoms with Crippen LogP contribution in [-0.4, -0.2) is 40.5 Å². The molecule has 0 spiro atoms. The highest BCUT2D eigenvalue weighted by Crippen LogP contribution is 2.33. The minimum absolute atomic E-state index is 0.284. The Labute approximate surface area is 111 Å². The minimum Gasteiger partial charge on any atom is -0.390 e. The Bertz CT molecular complexity index is 295. The molecule has 2 aliphatic rings. The first-order valence-electron chi connectivity index (χ1n) is 7.46. The van der Waals surface area contributed by atoms with E-state index in [0.29, 0.717) is 11.8 Å². The summed E-state index contributed by atoms with van der Waals surface area (Å²) in [6, 6.07) is 0.455. The van der Waals surface area contributed by atoms with Crippen molar-refractivity contribution >= 4 is 5.78 Å². The number of aliphatic hydroxyl groups is 1. The van der Waals surface area contributed by atoms with Gasteiger partial charge in [-0.1, -0.05) is 6.42 Å². The van der Waals surface area contributed by atoms with Crippen molar-refractivity contribution in [3.63, 3.8) is 0 Å². The Morgan fingerprint density at radius 3 is 2.67 bits per heavy atom. The third-order valence-corrected chi connectivity index (χ3v) is 4.49. The van der Waals surface area contributed by atoms with E-state index in [1.807, 2.05) is 13.8 Å². The lowest BCUT2D eigenvalue weighted by Crippen LogP contribution is -2.47. The fourth-order valence-corrected chi connectivity index (χ4v) is 3.42. The molecule has 0 radical (unpaired) electrons. The molecule has 0 aromatic carbocycles. The van der Waals surface area contributed by atoms with Crippen LogP contribution in [-0.2, 0) is 4.79 Å². The smallest absolute Gasteiger partial charge is 0.137 e. The first-order valence-corrected chi connectivity index (χ1v) is 7.46. The molecule has 1 saturated carbocycles. The second-order valence-electron chi connectivity index (χ2n) is 6.63. The summed E-state index contributed by atoms with van der Waals surface area (Å²) in [6.07, 6.45) is 7.42. The molecular weight excluding hydrogens is 226 g/mol. The van der Waals surface area contributed by atoms with Gasteiger partial charge in [-0.25, -0.2) is 0 Å². The van der Waals surface area contributed by atoms with Gasteiger partial charge in [0.1, 0.15) is 5.78 Å². The number of nitrogens with zero attached hydrogens (tertiary/aromatic N) is 1. The fourth-order valence-electron chi connectivity index (χ4n) is 3.42. The molecule has 104 valence electrons. The molecule has 18 heavy (non-hydrogen) atoms.